The molecule has 1 aromatic heterocycles. The zero-order chi connectivity index (χ0) is 16.1. The Balaban J connectivity index is 2.17. The molecular formula is C16H22N2O4. The Morgan fingerprint density at radius 2 is 2.23 bits per heavy atom. The number of pyridine rings is 1. The number of rotatable bonds is 4. The molecule has 0 saturated carbocycles. The van der Waals surface area contributed by atoms with E-state index in [0.717, 1.165) is 0 Å². The molecule has 0 radical (unpaired) electrons. The molecule has 1 aliphatic heterocycles. The van der Waals surface area contributed by atoms with Crippen LogP contribution in [-0.2, 0) is 14.3 Å². The van der Waals surface area contributed by atoms with Crippen LogP contribution in [0.3, 0.4) is 0 Å². The summed E-state index contributed by atoms with van der Waals surface area (Å²) in [4.78, 5) is 30.2. The van der Waals surface area contributed by atoms with E-state index < -0.39 is 0 Å². The Morgan fingerprint density at radius 3 is 2.86 bits per heavy atom. The minimum Gasteiger partial charge on any atom is -0.469 e. The maximum absolute atomic E-state index is 12.0. The van der Waals surface area contributed by atoms with Crippen molar-refractivity contribution in [2.24, 2.45) is 11.8 Å². The van der Waals surface area contributed by atoms with Gasteiger partial charge >= 0.3 is 11.9 Å². The Kier molecular flexibility index (Phi) is 5.35. The van der Waals surface area contributed by atoms with E-state index in [1.54, 1.807) is 25.3 Å². The van der Waals surface area contributed by atoms with Gasteiger partial charge in [-0.25, -0.2) is 9.78 Å². The van der Waals surface area contributed by atoms with Crippen LogP contribution in [0.15, 0.2) is 18.3 Å². The van der Waals surface area contributed by atoms with Crippen molar-refractivity contribution in [1.29, 1.82) is 0 Å². The lowest BCUT2D eigenvalue weighted by Crippen LogP contribution is -2.43. The highest BCUT2D eigenvalue weighted by Crippen LogP contribution is 2.29. The number of carbonyl (C=O) groups excluding carboxylic acids is 2. The first kappa shape index (κ1) is 16.3. The third-order valence-corrected chi connectivity index (χ3v) is 3.99. The zero-order valence-electron chi connectivity index (χ0n) is 13.2. The monoisotopic (exact) mass is 306 g/mol. The highest BCUT2D eigenvalue weighted by molar-refractivity contribution is 5.94. The molecule has 0 aromatic carbocycles. The zero-order valence-corrected chi connectivity index (χ0v) is 13.2. The fourth-order valence-corrected chi connectivity index (χ4v) is 2.86. The highest BCUT2D eigenvalue weighted by atomic mass is 16.5. The largest absolute Gasteiger partial charge is 0.469 e. The van der Waals surface area contributed by atoms with Gasteiger partial charge in [-0.2, -0.15) is 0 Å². The normalized spacial score (nSPS) is 21.3. The number of hydrogen-bond donors (Lipinski definition) is 0. The Bertz CT molecular complexity index is 547. The van der Waals surface area contributed by atoms with Gasteiger partial charge in [-0.3, -0.25) is 4.79 Å². The first-order chi connectivity index (χ1) is 10.6. The third kappa shape index (κ3) is 3.37. The number of methoxy groups -OCH3 is 1. The molecular weight excluding hydrogens is 284 g/mol. The third-order valence-electron chi connectivity index (χ3n) is 3.99. The van der Waals surface area contributed by atoms with Gasteiger partial charge in [-0.15, -0.1) is 0 Å². The summed E-state index contributed by atoms with van der Waals surface area (Å²) in [6.07, 6.45) is 2.35. The van der Waals surface area contributed by atoms with Gasteiger partial charge in [-0.1, -0.05) is 6.92 Å². The molecule has 22 heavy (non-hydrogen) atoms. The Hall–Kier alpha value is -2.11. The van der Waals surface area contributed by atoms with E-state index >= 15 is 0 Å². The van der Waals surface area contributed by atoms with Crippen molar-refractivity contribution in [1.82, 2.24) is 4.98 Å². The van der Waals surface area contributed by atoms with Crippen molar-refractivity contribution >= 4 is 17.8 Å². The van der Waals surface area contributed by atoms with E-state index in [-0.39, 0.29) is 23.8 Å². The van der Waals surface area contributed by atoms with Gasteiger partial charge in [-0.05, 0) is 31.4 Å². The van der Waals surface area contributed by atoms with Crippen LogP contribution in [0, 0.1) is 11.8 Å². The molecule has 6 nitrogen and oxygen atoms in total. The summed E-state index contributed by atoms with van der Waals surface area (Å²) in [5.74, 6) is 0.123. The average molecular weight is 306 g/mol. The SMILES string of the molecule is CCOC(=O)c1cccnc1N1CC[C@@H](C(=O)OC)[C@@H](C)C1. The predicted molar refractivity (Wildman–Crippen MR) is 81.7 cm³/mol. The van der Waals surface area contributed by atoms with Crippen molar-refractivity contribution < 1.29 is 19.1 Å². The van der Waals surface area contributed by atoms with Crippen molar-refractivity contribution in [2.45, 2.75) is 20.3 Å². The average Bonchev–Trinajstić information content (AvgIpc) is 2.54. The van der Waals surface area contributed by atoms with E-state index in [0.29, 0.717) is 37.5 Å². The second kappa shape index (κ2) is 7.24. The lowest BCUT2D eigenvalue weighted by molar-refractivity contribution is -0.147. The number of piperidine rings is 1. The first-order valence-corrected chi connectivity index (χ1v) is 7.53. The minimum atomic E-state index is -0.367. The van der Waals surface area contributed by atoms with Gasteiger partial charge < -0.3 is 14.4 Å². The molecule has 2 rings (SSSR count). The fraction of sp³-hybridized carbons (Fsp3) is 0.562. The summed E-state index contributed by atoms with van der Waals surface area (Å²) in [6.45, 7) is 5.43. The molecule has 1 saturated heterocycles. The molecule has 0 spiro atoms. The van der Waals surface area contributed by atoms with E-state index in [9.17, 15) is 9.59 Å². The number of anilines is 1. The number of hydrogen-bond acceptors (Lipinski definition) is 6. The van der Waals surface area contributed by atoms with Crippen LogP contribution in [0.4, 0.5) is 5.82 Å². The standard InChI is InChI=1S/C16H22N2O4/c1-4-22-16(20)13-6-5-8-17-14(13)18-9-7-12(11(2)10-18)15(19)21-3/h5-6,8,11-12H,4,7,9-10H2,1-3H3/t11-,12+/m0/s1. The first-order valence-electron chi connectivity index (χ1n) is 7.53. The van der Waals surface area contributed by atoms with E-state index in [2.05, 4.69) is 4.98 Å². The van der Waals surface area contributed by atoms with Gasteiger partial charge in [0.05, 0.1) is 19.6 Å². The Morgan fingerprint density at radius 1 is 1.45 bits per heavy atom. The number of esters is 2. The van der Waals surface area contributed by atoms with Crippen LogP contribution in [0.1, 0.15) is 30.6 Å². The van der Waals surface area contributed by atoms with Crippen LogP contribution in [0.5, 0.6) is 0 Å². The maximum atomic E-state index is 12.0. The van der Waals surface area contributed by atoms with Gasteiger partial charge in [0.1, 0.15) is 11.4 Å². The van der Waals surface area contributed by atoms with Crippen LogP contribution in [-0.4, -0.2) is 43.7 Å². The van der Waals surface area contributed by atoms with Crippen LogP contribution in [0.25, 0.3) is 0 Å². The van der Waals surface area contributed by atoms with Crippen molar-refractivity contribution in [3.8, 4) is 0 Å². The minimum absolute atomic E-state index is 0.101. The molecule has 1 aliphatic rings. The molecule has 0 amide bonds. The topological polar surface area (TPSA) is 68.7 Å². The van der Waals surface area contributed by atoms with Gasteiger partial charge in [0, 0.05) is 19.3 Å². The summed E-state index contributed by atoms with van der Waals surface area (Å²) in [6, 6.07) is 3.44. The highest BCUT2D eigenvalue weighted by Gasteiger charge is 2.33. The van der Waals surface area contributed by atoms with E-state index in [1.165, 1.54) is 7.11 Å². The molecule has 0 N–H and O–H groups in total. The van der Waals surface area contributed by atoms with Crippen molar-refractivity contribution in [3.63, 3.8) is 0 Å². The summed E-state index contributed by atoms with van der Waals surface area (Å²) >= 11 is 0. The van der Waals surface area contributed by atoms with Crippen molar-refractivity contribution in [2.75, 3.05) is 31.7 Å². The molecule has 0 bridgehead atoms. The quantitative estimate of drug-likeness (QED) is 0.791. The number of nitrogens with zero attached hydrogens (tertiary/aromatic N) is 2. The number of carbonyl (C=O) groups is 2. The van der Waals surface area contributed by atoms with Crippen LogP contribution >= 0.6 is 0 Å². The number of ether oxygens (including phenoxy) is 2. The molecule has 0 unspecified atom stereocenters. The summed E-state index contributed by atoms with van der Waals surface area (Å²) in [5.41, 5.74) is 0.466. The molecule has 120 valence electrons. The maximum Gasteiger partial charge on any atom is 0.341 e. The van der Waals surface area contributed by atoms with Crippen LogP contribution < -0.4 is 4.90 Å². The molecule has 2 heterocycles. The molecule has 1 aromatic rings. The molecule has 2 atom stereocenters. The molecule has 6 heteroatoms. The lowest BCUT2D eigenvalue weighted by Gasteiger charge is -2.36. The number of aromatic nitrogens is 1. The molecule has 0 aliphatic carbocycles. The van der Waals surface area contributed by atoms with Crippen LogP contribution in [0.2, 0.25) is 0 Å². The van der Waals surface area contributed by atoms with E-state index in [1.807, 2.05) is 11.8 Å². The van der Waals surface area contributed by atoms with Gasteiger partial charge in [0.15, 0.2) is 0 Å². The smallest absolute Gasteiger partial charge is 0.341 e. The lowest BCUT2D eigenvalue weighted by atomic mass is 9.87. The summed E-state index contributed by atoms with van der Waals surface area (Å²) in [5, 5.41) is 0. The Labute approximate surface area is 130 Å². The summed E-state index contributed by atoms with van der Waals surface area (Å²) < 4.78 is 9.93. The predicted octanol–water partition coefficient (Wildman–Crippen LogP) is 1.89. The van der Waals surface area contributed by atoms with Crippen molar-refractivity contribution in [3.05, 3.63) is 23.9 Å². The second-order valence-corrected chi connectivity index (χ2v) is 5.44. The van der Waals surface area contributed by atoms with E-state index in [4.69, 9.17) is 9.47 Å². The van der Waals surface area contributed by atoms with Gasteiger partial charge in [0.2, 0.25) is 0 Å². The molecule has 1 fully saturated rings. The summed E-state index contributed by atoms with van der Waals surface area (Å²) in [7, 11) is 1.42. The van der Waals surface area contributed by atoms with Gasteiger partial charge in [0.25, 0.3) is 0 Å². The fourth-order valence-electron chi connectivity index (χ4n) is 2.86. The second-order valence-electron chi connectivity index (χ2n) is 5.44.